The number of piperidine rings is 1. The van der Waals surface area contributed by atoms with Crippen LogP contribution in [0.5, 0.6) is 0 Å². The largest absolute Gasteiger partial charge is 0.347 e. The lowest BCUT2D eigenvalue weighted by atomic mass is 9.88. The highest BCUT2D eigenvalue weighted by Crippen LogP contribution is 2.41. The maximum atomic E-state index is 12.8. The van der Waals surface area contributed by atoms with Gasteiger partial charge in [0.1, 0.15) is 0 Å². The molecule has 1 amide bonds. The van der Waals surface area contributed by atoms with Gasteiger partial charge >= 0.3 is 0 Å². The number of hydrogen-bond acceptors (Lipinski definition) is 2. The Morgan fingerprint density at radius 1 is 1.23 bits per heavy atom. The predicted octanol–water partition coefficient (Wildman–Crippen LogP) is 3.56. The zero-order chi connectivity index (χ0) is 15.7. The number of carbonyl (C=O) groups excluding carboxylic acids is 1. The summed E-state index contributed by atoms with van der Waals surface area (Å²) in [5.41, 5.74) is 2.06. The topological polar surface area (TPSA) is 32.3 Å². The van der Waals surface area contributed by atoms with Crippen LogP contribution in [0.3, 0.4) is 0 Å². The smallest absolute Gasteiger partial charge is 0.251 e. The van der Waals surface area contributed by atoms with E-state index in [9.17, 15) is 4.79 Å². The van der Waals surface area contributed by atoms with Gasteiger partial charge in [-0.15, -0.1) is 0 Å². The van der Waals surface area contributed by atoms with E-state index in [1.807, 2.05) is 18.2 Å². The Hall–Kier alpha value is -1.35. The highest BCUT2D eigenvalue weighted by atomic mass is 16.1. The number of benzene rings is 1. The van der Waals surface area contributed by atoms with Crippen molar-refractivity contribution in [3.63, 3.8) is 0 Å². The third-order valence-electron chi connectivity index (χ3n) is 5.27. The number of rotatable bonds is 4. The third-order valence-corrected chi connectivity index (χ3v) is 5.27. The number of likely N-dealkylation sites (tertiary alicyclic amines) is 1. The van der Waals surface area contributed by atoms with Gasteiger partial charge < -0.3 is 10.2 Å². The number of nitrogens with one attached hydrogen (secondary N) is 1. The number of carbonyl (C=O) groups is 1. The van der Waals surface area contributed by atoms with Crippen LogP contribution in [-0.4, -0.2) is 35.5 Å². The van der Waals surface area contributed by atoms with Crippen LogP contribution in [-0.2, 0) is 0 Å². The second kappa shape index (κ2) is 6.04. The minimum Gasteiger partial charge on any atom is -0.347 e. The Morgan fingerprint density at radius 2 is 1.86 bits per heavy atom. The van der Waals surface area contributed by atoms with E-state index in [0.717, 1.165) is 31.5 Å². The molecule has 1 aliphatic heterocycles. The molecule has 1 saturated carbocycles. The highest BCUT2D eigenvalue weighted by molar-refractivity contribution is 5.96. The zero-order valence-electron chi connectivity index (χ0n) is 14.1. The number of hydrogen-bond donors (Lipinski definition) is 1. The Labute approximate surface area is 134 Å². The van der Waals surface area contributed by atoms with Crippen LogP contribution in [0.25, 0.3) is 0 Å². The quantitative estimate of drug-likeness (QED) is 0.922. The first-order valence-electron chi connectivity index (χ1n) is 8.64. The van der Waals surface area contributed by atoms with Crippen molar-refractivity contribution in [3.8, 4) is 0 Å². The van der Waals surface area contributed by atoms with E-state index in [0.29, 0.717) is 12.0 Å². The maximum absolute atomic E-state index is 12.8. The molecule has 0 aromatic heterocycles. The van der Waals surface area contributed by atoms with E-state index in [1.165, 1.54) is 18.4 Å². The molecule has 0 spiro atoms. The van der Waals surface area contributed by atoms with Gasteiger partial charge in [-0.3, -0.25) is 4.79 Å². The molecule has 0 radical (unpaired) electrons. The molecule has 22 heavy (non-hydrogen) atoms. The third kappa shape index (κ3) is 3.35. The Morgan fingerprint density at radius 3 is 2.45 bits per heavy atom. The lowest BCUT2D eigenvalue weighted by Crippen LogP contribution is -2.54. The fourth-order valence-corrected chi connectivity index (χ4v) is 3.45. The molecule has 2 aliphatic rings. The second-order valence-corrected chi connectivity index (χ2v) is 7.51. The monoisotopic (exact) mass is 300 g/mol. The van der Waals surface area contributed by atoms with Gasteiger partial charge in [-0.2, -0.15) is 0 Å². The van der Waals surface area contributed by atoms with Gasteiger partial charge in [0.05, 0.1) is 0 Å². The van der Waals surface area contributed by atoms with Crippen LogP contribution in [0.2, 0.25) is 0 Å². The lowest BCUT2D eigenvalue weighted by molar-refractivity contribution is 0.0800. The molecule has 120 valence electrons. The Kier molecular flexibility index (Phi) is 4.26. The van der Waals surface area contributed by atoms with Crippen molar-refractivity contribution < 1.29 is 4.79 Å². The fourth-order valence-electron chi connectivity index (χ4n) is 3.45. The molecule has 1 saturated heterocycles. The van der Waals surface area contributed by atoms with Crippen LogP contribution >= 0.6 is 0 Å². The normalized spacial score (nSPS) is 21.8. The first-order valence-corrected chi connectivity index (χ1v) is 8.64. The molecule has 3 rings (SSSR count). The van der Waals surface area contributed by atoms with Crippen molar-refractivity contribution in [1.29, 1.82) is 0 Å². The lowest BCUT2D eigenvalue weighted by Gasteiger charge is -2.41. The van der Waals surface area contributed by atoms with E-state index < -0.39 is 0 Å². The molecule has 3 nitrogen and oxygen atoms in total. The summed E-state index contributed by atoms with van der Waals surface area (Å²) in [6.07, 6.45) is 4.51. The fraction of sp³-hybridized carbons (Fsp3) is 0.632. The van der Waals surface area contributed by atoms with Gasteiger partial charge in [-0.1, -0.05) is 18.2 Å². The summed E-state index contributed by atoms with van der Waals surface area (Å²) in [7, 11) is 0. The molecular formula is C19H28N2O. The van der Waals surface area contributed by atoms with Gasteiger partial charge in [0.2, 0.25) is 0 Å². The van der Waals surface area contributed by atoms with Gasteiger partial charge in [-0.25, -0.2) is 0 Å². The van der Waals surface area contributed by atoms with E-state index in [4.69, 9.17) is 0 Å². The van der Waals surface area contributed by atoms with Crippen LogP contribution in [0.1, 0.15) is 68.3 Å². The van der Waals surface area contributed by atoms with E-state index >= 15 is 0 Å². The van der Waals surface area contributed by atoms with Crippen molar-refractivity contribution in [2.45, 2.75) is 64.0 Å². The average molecular weight is 300 g/mol. The van der Waals surface area contributed by atoms with Gasteiger partial charge in [0.25, 0.3) is 5.91 Å². The van der Waals surface area contributed by atoms with Crippen molar-refractivity contribution in [1.82, 2.24) is 10.2 Å². The van der Waals surface area contributed by atoms with Crippen LogP contribution in [0.4, 0.5) is 0 Å². The van der Waals surface area contributed by atoms with Gasteiger partial charge in [0.15, 0.2) is 0 Å². The van der Waals surface area contributed by atoms with E-state index in [2.05, 4.69) is 37.1 Å². The molecule has 0 atom stereocenters. The molecule has 0 bridgehead atoms. The van der Waals surface area contributed by atoms with Crippen LogP contribution < -0.4 is 5.32 Å². The van der Waals surface area contributed by atoms with Gasteiger partial charge in [0, 0.05) is 30.2 Å². The molecule has 3 heteroatoms. The molecule has 1 heterocycles. The van der Waals surface area contributed by atoms with Crippen molar-refractivity contribution >= 4 is 5.91 Å². The van der Waals surface area contributed by atoms with Crippen molar-refractivity contribution in [3.05, 3.63) is 35.4 Å². The summed E-state index contributed by atoms with van der Waals surface area (Å²) in [5.74, 6) is 0.723. The van der Waals surface area contributed by atoms with Crippen LogP contribution in [0.15, 0.2) is 24.3 Å². The molecule has 1 aromatic rings. The minimum absolute atomic E-state index is 0.0703. The Balaban J connectivity index is 1.67. The van der Waals surface area contributed by atoms with Gasteiger partial charge in [-0.05, 0) is 64.0 Å². The minimum atomic E-state index is -0.0703. The van der Waals surface area contributed by atoms with E-state index in [1.54, 1.807) is 0 Å². The maximum Gasteiger partial charge on any atom is 0.251 e. The summed E-state index contributed by atoms with van der Waals surface area (Å²) in [5, 5.41) is 3.33. The van der Waals surface area contributed by atoms with E-state index in [-0.39, 0.29) is 11.4 Å². The highest BCUT2D eigenvalue weighted by Gasteiger charge is 2.34. The molecular weight excluding hydrogens is 272 g/mol. The summed E-state index contributed by atoms with van der Waals surface area (Å²) >= 11 is 0. The second-order valence-electron chi connectivity index (χ2n) is 7.51. The summed E-state index contributed by atoms with van der Waals surface area (Å²) in [6, 6.07) is 8.72. The number of amides is 1. The average Bonchev–Trinajstić information content (AvgIpc) is 3.32. The Bertz CT molecular complexity index is 540. The summed E-state index contributed by atoms with van der Waals surface area (Å²) < 4.78 is 0. The standard InChI is InChI=1S/C19H28N2O/c1-14(2)21-12-10-19(3,11-13-21)20-18(22)17-7-5-4-6-16(17)15-8-9-15/h4-7,14-15H,8-13H2,1-3H3,(H,20,22). The first kappa shape index (κ1) is 15.5. The molecule has 1 aliphatic carbocycles. The summed E-state index contributed by atoms with van der Waals surface area (Å²) in [4.78, 5) is 15.3. The van der Waals surface area contributed by atoms with Crippen molar-refractivity contribution in [2.24, 2.45) is 0 Å². The number of nitrogens with zero attached hydrogens (tertiary/aromatic N) is 1. The van der Waals surface area contributed by atoms with Crippen LogP contribution in [0, 0.1) is 0 Å². The first-order chi connectivity index (χ1) is 10.5. The molecule has 1 aromatic carbocycles. The molecule has 0 unspecified atom stereocenters. The SMILES string of the molecule is CC(C)N1CCC(C)(NC(=O)c2ccccc2C2CC2)CC1. The molecule has 1 N–H and O–H groups in total. The predicted molar refractivity (Wildman–Crippen MR) is 90.2 cm³/mol. The summed E-state index contributed by atoms with van der Waals surface area (Å²) in [6.45, 7) is 8.82. The zero-order valence-corrected chi connectivity index (χ0v) is 14.1. The van der Waals surface area contributed by atoms with Crippen molar-refractivity contribution in [2.75, 3.05) is 13.1 Å². The molecule has 2 fully saturated rings.